The Morgan fingerprint density at radius 1 is 0.607 bits per heavy atom. The molecule has 4 aromatic rings. The summed E-state index contributed by atoms with van der Waals surface area (Å²) in [7, 11) is 0. The van der Waals surface area contributed by atoms with Crippen molar-refractivity contribution in [1.29, 1.82) is 0 Å². The molecule has 0 radical (unpaired) electrons. The Kier molecular flexibility index (Phi) is 4.49. The first-order chi connectivity index (χ1) is 13.5. The molecule has 0 amide bonds. The predicted molar refractivity (Wildman–Crippen MR) is 109 cm³/mol. The standard InChI is InChI=1S/C23H19N3O2/c1-14-3-4-16(8-22(14)27)18-5-6-24-12-21(18)20-7-15(2)23(28)9-19(20)17-10-25-13-26-11-17/h3-13,27-28H,1-2H3. The van der Waals surface area contributed by atoms with Gasteiger partial charge in [-0.1, -0.05) is 12.1 Å². The smallest absolute Gasteiger partial charge is 0.119 e. The third-order valence-electron chi connectivity index (χ3n) is 4.84. The van der Waals surface area contributed by atoms with E-state index < -0.39 is 0 Å². The normalized spacial score (nSPS) is 10.8. The van der Waals surface area contributed by atoms with Crippen molar-refractivity contribution in [2.75, 3.05) is 0 Å². The number of hydrogen-bond donors (Lipinski definition) is 2. The minimum absolute atomic E-state index is 0.209. The first kappa shape index (κ1) is 17.7. The van der Waals surface area contributed by atoms with Gasteiger partial charge in [0.15, 0.2) is 0 Å². The minimum atomic E-state index is 0.209. The van der Waals surface area contributed by atoms with Crippen LogP contribution in [-0.4, -0.2) is 25.2 Å². The Bertz CT molecular complexity index is 1160. The second kappa shape index (κ2) is 7.12. The van der Waals surface area contributed by atoms with E-state index in [0.29, 0.717) is 0 Å². The van der Waals surface area contributed by atoms with Crippen molar-refractivity contribution in [2.24, 2.45) is 0 Å². The average Bonchev–Trinajstić information content (AvgIpc) is 2.72. The summed E-state index contributed by atoms with van der Waals surface area (Å²) in [6.45, 7) is 3.72. The second-order valence-electron chi connectivity index (χ2n) is 6.73. The van der Waals surface area contributed by atoms with Gasteiger partial charge in [0.2, 0.25) is 0 Å². The Morgan fingerprint density at radius 3 is 2.11 bits per heavy atom. The highest BCUT2D eigenvalue weighted by Crippen LogP contribution is 2.40. The fourth-order valence-corrected chi connectivity index (χ4v) is 3.23. The molecule has 2 N–H and O–H groups in total. The molecule has 0 saturated heterocycles. The van der Waals surface area contributed by atoms with Gasteiger partial charge in [-0.05, 0) is 71.5 Å². The molecule has 0 aliphatic rings. The number of phenolic OH excluding ortho intramolecular Hbond substituents is 2. The molecule has 5 heteroatoms. The Morgan fingerprint density at radius 2 is 1.36 bits per heavy atom. The van der Waals surface area contributed by atoms with Gasteiger partial charge in [0, 0.05) is 35.9 Å². The summed E-state index contributed by atoms with van der Waals surface area (Å²) in [6.07, 6.45) is 8.43. The molecule has 0 unspecified atom stereocenters. The fraction of sp³-hybridized carbons (Fsp3) is 0.0870. The monoisotopic (exact) mass is 369 g/mol. The highest BCUT2D eigenvalue weighted by molar-refractivity contribution is 5.92. The number of benzene rings is 2. The maximum atomic E-state index is 10.3. The van der Waals surface area contributed by atoms with Gasteiger partial charge in [-0.15, -0.1) is 0 Å². The molecular weight excluding hydrogens is 350 g/mol. The molecule has 0 bridgehead atoms. The van der Waals surface area contributed by atoms with Gasteiger partial charge in [-0.3, -0.25) is 4.98 Å². The molecule has 2 aromatic heterocycles. The summed E-state index contributed by atoms with van der Waals surface area (Å²) in [6, 6.07) is 11.2. The van der Waals surface area contributed by atoms with Gasteiger partial charge in [-0.25, -0.2) is 9.97 Å². The molecule has 28 heavy (non-hydrogen) atoms. The van der Waals surface area contributed by atoms with Crippen molar-refractivity contribution in [3.05, 3.63) is 78.6 Å². The highest BCUT2D eigenvalue weighted by atomic mass is 16.3. The van der Waals surface area contributed by atoms with Gasteiger partial charge < -0.3 is 10.2 Å². The quantitative estimate of drug-likeness (QED) is 0.537. The van der Waals surface area contributed by atoms with Crippen molar-refractivity contribution in [1.82, 2.24) is 15.0 Å². The van der Waals surface area contributed by atoms with Gasteiger partial charge in [0.25, 0.3) is 0 Å². The minimum Gasteiger partial charge on any atom is -0.508 e. The lowest BCUT2D eigenvalue weighted by Gasteiger charge is -2.16. The fourth-order valence-electron chi connectivity index (χ4n) is 3.23. The van der Waals surface area contributed by atoms with Gasteiger partial charge in [-0.2, -0.15) is 0 Å². The zero-order chi connectivity index (χ0) is 19.7. The van der Waals surface area contributed by atoms with Crippen LogP contribution in [0.15, 0.2) is 67.5 Å². The van der Waals surface area contributed by atoms with Crippen molar-refractivity contribution >= 4 is 0 Å². The molecule has 0 aliphatic carbocycles. The molecule has 5 nitrogen and oxygen atoms in total. The summed E-state index contributed by atoms with van der Waals surface area (Å²) in [5.41, 5.74) is 6.83. The van der Waals surface area contributed by atoms with E-state index in [1.165, 1.54) is 6.33 Å². The SMILES string of the molecule is Cc1ccc(-c2ccncc2-c2cc(C)c(O)cc2-c2cncnc2)cc1O. The molecule has 0 fully saturated rings. The number of nitrogens with zero attached hydrogens (tertiary/aromatic N) is 3. The van der Waals surface area contributed by atoms with E-state index in [-0.39, 0.29) is 11.5 Å². The maximum absolute atomic E-state index is 10.3. The van der Waals surface area contributed by atoms with Crippen molar-refractivity contribution < 1.29 is 10.2 Å². The van der Waals surface area contributed by atoms with Crippen molar-refractivity contribution in [3.63, 3.8) is 0 Å². The number of rotatable bonds is 3. The van der Waals surface area contributed by atoms with E-state index in [1.807, 2.05) is 38.1 Å². The number of hydrogen-bond acceptors (Lipinski definition) is 5. The molecule has 0 aliphatic heterocycles. The molecule has 0 atom stereocenters. The number of pyridine rings is 1. The Hall–Kier alpha value is -3.73. The molecule has 0 saturated carbocycles. The van der Waals surface area contributed by atoms with Crippen LogP contribution in [0.2, 0.25) is 0 Å². The predicted octanol–water partition coefficient (Wildman–Crippen LogP) is 4.90. The molecular formula is C23H19N3O2. The topological polar surface area (TPSA) is 79.1 Å². The Labute approximate surface area is 163 Å². The van der Waals surface area contributed by atoms with E-state index in [2.05, 4.69) is 15.0 Å². The molecule has 138 valence electrons. The van der Waals surface area contributed by atoms with Gasteiger partial charge in [0.1, 0.15) is 17.8 Å². The van der Waals surface area contributed by atoms with Crippen LogP contribution in [0, 0.1) is 13.8 Å². The van der Waals surface area contributed by atoms with Crippen LogP contribution in [0.1, 0.15) is 11.1 Å². The van der Waals surface area contributed by atoms with Crippen molar-refractivity contribution in [3.8, 4) is 44.9 Å². The summed E-state index contributed by atoms with van der Waals surface area (Å²) in [4.78, 5) is 12.5. The molecule has 4 rings (SSSR count). The van der Waals surface area contributed by atoms with Crippen LogP contribution < -0.4 is 0 Å². The van der Waals surface area contributed by atoms with Crippen LogP contribution >= 0.6 is 0 Å². The zero-order valence-electron chi connectivity index (χ0n) is 15.6. The summed E-state index contributed by atoms with van der Waals surface area (Å²) in [5.74, 6) is 0.458. The third kappa shape index (κ3) is 3.18. The third-order valence-corrected chi connectivity index (χ3v) is 4.84. The number of phenols is 2. The van der Waals surface area contributed by atoms with Gasteiger partial charge in [0.05, 0.1) is 0 Å². The zero-order valence-corrected chi connectivity index (χ0v) is 15.6. The Balaban J connectivity index is 1.98. The highest BCUT2D eigenvalue weighted by Gasteiger charge is 2.16. The summed E-state index contributed by atoms with van der Waals surface area (Å²) < 4.78 is 0. The van der Waals surface area contributed by atoms with Crippen LogP contribution in [0.3, 0.4) is 0 Å². The van der Waals surface area contributed by atoms with Gasteiger partial charge >= 0.3 is 0 Å². The first-order valence-electron chi connectivity index (χ1n) is 8.88. The molecule has 2 heterocycles. The first-order valence-corrected chi connectivity index (χ1v) is 8.88. The summed E-state index contributed by atoms with van der Waals surface area (Å²) in [5, 5.41) is 20.5. The van der Waals surface area contributed by atoms with Crippen LogP contribution in [0.4, 0.5) is 0 Å². The van der Waals surface area contributed by atoms with Crippen LogP contribution in [0.5, 0.6) is 11.5 Å². The summed E-state index contributed by atoms with van der Waals surface area (Å²) >= 11 is 0. The van der Waals surface area contributed by atoms with E-state index in [9.17, 15) is 10.2 Å². The van der Waals surface area contributed by atoms with Crippen LogP contribution in [-0.2, 0) is 0 Å². The molecule has 0 spiro atoms. The number of aromatic nitrogens is 3. The largest absolute Gasteiger partial charge is 0.508 e. The van der Waals surface area contributed by atoms with E-state index in [0.717, 1.165) is 44.5 Å². The second-order valence-corrected chi connectivity index (χ2v) is 6.73. The van der Waals surface area contributed by atoms with E-state index in [1.54, 1.807) is 36.9 Å². The number of aromatic hydroxyl groups is 2. The lowest BCUT2D eigenvalue weighted by molar-refractivity contribution is 0.471. The molecule has 2 aromatic carbocycles. The van der Waals surface area contributed by atoms with Crippen LogP contribution in [0.25, 0.3) is 33.4 Å². The lowest BCUT2D eigenvalue weighted by Crippen LogP contribution is -1.93. The van der Waals surface area contributed by atoms with Crippen molar-refractivity contribution in [2.45, 2.75) is 13.8 Å². The lowest BCUT2D eigenvalue weighted by atomic mass is 9.89. The maximum Gasteiger partial charge on any atom is 0.119 e. The number of aryl methyl sites for hydroxylation is 2. The van der Waals surface area contributed by atoms with E-state index in [4.69, 9.17) is 0 Å². The van der Waals surface area contributed by atoms with E-state index >= 15 is 0 Å². The average molecular weight is 369 g/mol.